The van der Waals surface area contributed by atoms with Crippen LogP contribution < -0.4 is 11.1 Å². The number of nitriles is 1. The van der Waals surface area contributed by atoms with E-state index in [-0.39, 0.29) is 5.91 Å². The van der Waals surface area contributed by atoms with Gasteiger partial charge >= 0.3 is 0 Å². The maximum absolute atomic E-state index is 12.0. The van der Waals surface area contributed by atoms with Gasteiger partial charge in [-0.25, -0.2) is 15.0 Å². The van der Waals surface area contributed by atoms with Crippen molar-refractivity contribution in [3.05, 3.63) is 64.2 Å². The lowest BCUT2D eigenvalue weighted by molar-refractivity contribution is -0.121. The standard InChI is InChI=1S/C22H23ClN6O.C2H6/c1-3-14(17(4-2)22(9-10-22)20(25)30)5-8-19-18(23)13-27-21(29-19)28-16-7-6-15(11-24)26-12-16;1-2/h3-4,6-7,12-13H,5,8-10H2,1-2H3,(H2,25,30)(H,27,28,29);1-2H3/b14-3-,17-4+;. The molecule has 3 N–H and O–H groups in total. The lowest BCUT2D eigenvalue weighted by Crippen LogP contribution is -2.27. The maximum Gasteiger partial charge on any atom is 0.228 e. The third-order valence-corrected chi connectivity index (χ3v) is 5.62. The number of hydrogen-bond acceptors (Lipinski definition) is 6. The quantitative estimate of drug-likeness (QED) is 0.527. The van der Waals surface area contributed by atoms with E-state index in [0.717, 1.165) is 24.0 Å². The first-order valence-electron chi connectivity index (χ1n) is 10.7. The minimum atomic E-state index is -0.526. The number of nitrogens with two attached hydrogens (primary N) is 1. The van der Waals surface area contributed by atoms with Crippen molar-refractivity contribution in [3.63, 3.8) is 0 Å². The molecule has 3 rings (SSSR count). The zero-order chi connectivity index (χ0) is 23.7. The molecule has 0 atom stereocenters. The summed E-state index contributed by atoms with van der Waals surface area (Å²) < 4.78 is 0. The topological polar surface area (TPSA) is 118 Å². The highest BCUT2D eigenvalue weighted by Crippen LogP contribution is 2.54. The van der Waals surface area contributed by atoms with Crippen molar-refractivity contribution in [2.24, 2.45) is 11.1 Å². The second-order valence-corrected chi connectivity index (χ2v) is 7.53. The number of primary amides is 1. The van der Waals surface area contributed by atoms with Crippen LogP contribution in [0.15, 0.2) is 47.8 Å². The second kappa shape index (κ2) is 11.4. The van der Waals surface area contributed by atoms with E-state index in [0.29, 0.717) is 40.9 Å². The Morgan fingerprint density at radius 1 is 1.25 bits per heavy atom. The smallest absolute Gasteiger partial charge is 0.228 e. The van der Waals surface area contributed by atoms with Crippen LogP contribution >= 0.6 is 11.6 Å². The SMILES string of the molecule is C/C=C(CCc1nc(Nc2ccc(C#N)nc2)ncc1Cl)\C(=C/C)C1(C(N)=O)CC1.CC. The van der Waals surface area contributed by atoms with Crippen molar-refractivity contribution in [1.29, 1.82) is 5.26 Å². The molecular weight excluding hydrogens is 424 g/mol. The maximum atomic E-state index is 12.0. The average molecular weight is 453 g/mol. The summed E-state index contributed by atoms with van der Waals surface area (Å²) in [5.41, 5.74) is 8.93. The number of rotatable bonds is 8. The molecule has 0 unspecified atom stereocenters. The van der Waals surface area contributed by atoms with Gasteiger partial charge in [-0.1, -0.05) is 37.6 Å². The van der Waals surface area contributed by atoms with Gasteiger partial charge in [0.1, 0.15) is 11.8 Å². The molecule has 2 aromatic heterocycles. The van der Waals surface area contributed by atoms with Crippen molar-refractivity contribution in [1.82, 2.24) is 15.0 Å². The summed E-state index contributed by atoms with van der Waals surface area (Å²) in [4.78, 5) is 24.7. The average Bonchev–Trinajstić information content (AvgIpc) is 3.62. The molecule has 168 valence electrons. The van der Waals surface area contributed by atoms with Crippen LogP contribution in [-0.4, -0.2) is 20.9 Å². The number of amides is 1. The van der Waals surface area contributed by atoms with Gasteiger partial charge in [0.25, 0.3) is 0 Å². The highest BCUT2D eigenvalue weighted by Gasteiger charge is 2.51. The molecule has 1 saturated carbocycles. The molecule has 32 heavy (non-hydrogen) atoms. The first-order valence-corrected chi connectivity index (χ1v) is 11.1. The van der Waals surface area contributed by atoms with Gasteiger partial charge in [0.05, 0.1) is 34.2 Å². The molecule has 1 aliphatic rings. The van der Waals surface area contributed by atoms with Gasteiger partial charge < -0.3 is 11.1 Å². The predicted molar refractivity (Wildman–Crippen MR) is 127 cm³/mol. The Bertz CT molecular complexity index is 1050. The number of anilines is 2. The first kappa shape index (κ1) is 25.0. The Hall–Kier alpha value is -3.24. The third kappa shape index (κ3) is 5.71. The summed E-state index contributed by atoms with van der Waals surface area (Å²) in [6, 6.07) is 5.32. The van der Waals surface area contributed by atoms with Crippen LogP contribution in [0.4, 0.5) is 11.6 Å². The lowest BCUT2D eigenvalue weighted by atomic mass is 9.86. The second-order valence-electron chi connectivity index (χ2n) is 7.12. The van der Waals surface area contributed by atoms with Crippen molar-refractivity contribution < 1.29 is 4.79 Å². The van der Waals surface area contributed by atoms with Crippen LogP contribution in [-0.2, 0) is 11.2 Å². The van der Waals surface area contributed by atoms with E-state index >= 15 is 0 Å². The van der Waals surface area contributed by atoms with E-state index < -0.39 is 5.41 Å². The van der Waals surface area contributed by atoms with Gasteiger partial charge in [0.2, 0.25) is 11.9 Å². The van der Waals surface area contributed by atoms with E-state index in [4.69, 9.17) is 22.6 Å². The highest BCUT2D eigenvalue weighted by atomic mass is 35.5. The lowest BCUT2D eigenvalue weighted by Gasteiger charge is -2.19. The molecule has 1 aliphatic carbocycles. The Morgan fingerprint density at radius 3 is 2.47 bits per heavy atom. The fraction of sp³-hybridized carbons (Fsp3) is 0.375. The number of hydrogen-bond donors (Lipinski definition) is 2. The molecule has 2 heterocycles. The Balaban J connectivity index is 0.00000176. The highest BCUT2D eigenvalue weighted by molar-refractivity contribution is 6.31. The number of halogens is 1. The third-order valence-electron chi connectivity index (χ3n) is 5.30. The number of aryl methyl sites for hydroxylation is 1. The Morgan fingerprint density at radius 2 is 1.97 bits per heavy atom. The molecule has 1 fully saturated rings. The van der Waals surface area contributed by atoms with Crippen molar-refractivity contribution in [3.8, 4) is 6.07 Å². The molecule has 2 aromatic rings. The fourth-order valence-electron chi connectivity index (χ4n) is 3.53. The van der Waals surface area contributed by atoms with Crippen molar-refractivity contribution in [2.45, 2.75) is 53.4 Å². The zero-order valence-corrected chi connectivity index (χ0v) is 19.7. The normalized spacial score (nSPS) is 14.6. The summed E-state index contributed by atoms with van der Waals surface area (Å²) in [6.07, 6.45) is 9.97. The largest absolute Gasteiger partial charge is 0.369 e. The Labute approximate surface area is 194 Å². The molecule has 0 saturated heterocycles. The van der Waals surface area contributed by atoms with E-state index in [1.807, 2.05) is 45.9 Å². The minimum absolute atomic E-state index is 0.266. The number of aromatic nitrogens is 3. The van der Waals surface area contributed by atoms with Gasteiger partial charge in [-0.05, 0) is 62.8 Å². The zero-order valence-electron chi connectivity index (χ0n) is 18.9. The predicted octanol–water partition coefficient (Wildman–Crippen LogP) is 5.26. The molecule has 8 heteroatoms. The molecular formula is C24H29ClN6O. The Kier molecular flexibility index (Phi) is 8.91. The van der Waals surface area contributed by atoms with Gasteiger partial charge in [0.15, 0.2) is 0 Å². The number of nitrogens with one attached hydrogen (secondary N) is 1. The van der Waals surface area contributed by atoms with Crippen LogP contribution in [0, 0.1) is 16.7 Å². The van der Waals surface area contributed by atoms with Gasteiger partial charge in [-0.2, -0.15) is 5.26 Å². The molecule has 0 aromatic carbocycles. The monoisotopic (exact) mass is 452 g/mol. The fourth-order valence-corrected chi connectivity index (χ4v) is 3.72. The molecule has 0 bridgehead atoms. The summed E-state index contributed by atoms with van der Waals surface area (Å²) in [5, 5.41) is 12.4. The number of carbonyl (C=O) groups excluding carboxylic acids is 1. The van der Waals surface area contributed by atoms with Crippen LogP contribution in [0.1, 0.15) is 58.3 Å². The number of pyridine rings is 1. The minimum Gasteiger partial charge on any atom is -0.369 e. The molecule has 7 nitrogen and oxygen atoms in total. The first-order chi connectivity index (χ1) is 15.4. The summed E-state index contributed by atoms with van der Waals surface area (Å²) in [5.74, 6) is 0.127. The van der Waals surface area contributed by atoms with E-state index in [2.05, 4.69) is 20.3 Å². The van der Waals surface area contributed by atoms with Crippen LogP contribution in [0.25, 0.3) is 0 Å². The molecule has 0 aliphatic heterocycles. The summed E-state index contributed by atoms with van der Waals surface area (Å²) in [6.45, 7) is 7.90. The van der Waals surface area contributed by atoms with Crippen molar-refractivity contribution in [2.75, 3.05) is 5.32 Å². The van der Waals surface area contributed by atoms with Gasteiger partial charge in [-0.15, -0.1) is 0 Å². The number of nitrogens with zero attached hydrogens (tertiary/aromatic N) is 4. The number of carbonyl (C=O) groups is 1. The van der Waals surface area contributed by atoms with Crippen molar-refractivity contribution >= 4 is 29.1 Å². The van der Waals surface area contributed by atoms with Gasteiger partial charge in [-0.3, -0.25) is 4.79 Å². The van der Waals surface area contributed by atoms with Crippen LogP contribution in [0.3, 0.4) is 0 Å². The van der Waals surface area contributed by atoms with E-state index in [1.165, 1.54) is 0 Å². The summed E-state index contributed by atoms with van der Waals surface area (Å²) in [7, 11) is 0. The number of allylic oxidation sites excluding steroid dienone is 3. The van der Waals surface area contributed by atoms with Crippen LogP contribution in [0.5, 0.6) is 0 Å². The molecule has 0 spiro atoms. The summed E-state index contributed by atoms with van der Waals surface area (Å²) >= 11 is 6.32. The van der Waals surface area contributed by atoms with Gasteiger partial charge in [0, 0.05) is 0 Å². The van der Waals surface area contributed by atoms with Crippen LogP contribution in [0.2, 0.25) is 5.02 Å². The molecule has 1 amide bonds. The molecule has 0 radical (unpaired) electrons. The van der Waals surface area contributed by atoms with E-state index in [9.17, 15) is 4.79 Å². The van der Waals surface area contributed by atoms with E-state index in [1.54, 1.807) is 24.5 Å².